The van der Waals surface area contributed by atoms with Crippen molar-refractivity contribution in [3.63, 3.8) is 0 Å². The molecule has 1 aliphatic rings. The molecule has 1 fully saturated rings. The van der Waals surface area contributed by atoms with Gasteiger partial charge in [-0.25, -0.2) is 0 Å². The molecule has 0 radical (unpaired) electrons. The van der Waals surface area contributed by atoms with Crippen LogP contribution in [0.1, 0.15) is 69.9 Å². The molecule has 2 N–H and O–H groups in total. The molecule has 2 rings (SSSR count). The van der Waals surface area contributed by atoms with Gasteiger partial charge in [-0.15, -0.1) is 0 Å². The van der Waals surface area contributed by atoms with E-state index in [1.807, 2.05) is 0 Å². The van der Waals surface area contributed by atoms with Gasteiger partial charge in [0.05, 0.1) is 0 Å². The number of hydrogen-bond acceptors (Lipinski definition) is 1. The predicted molar refractivity (Wildman–Crippen MR) is 78.9 cm³/mol. The van der Waals surface area contributed by atoms with E-state index in [0.717, 1.165) is 6.42 Å². The fourth-order valence-electron chi connectivity index (χ4n) is 3.10. The predicted octanol–water partition coefficient (Wildman–Crippen LogP) is 4.43. The largest absolute Gasteiger partial charge is 0.327 e. The molecule has 18 heavy (non-hydrogen) atoms. The molecule has 0 aliphatic heterocycles. The molecule has 2 unspecified atom stereocenters. The minimum Gasteiger partial charge on any atom is -0.327 e. The molecule has 0 heterocycles. The average Bonchev–Trinajstić information content (AvgIpc) is 2.32. The lowest BCUT2D eigenvalue weighted by Gasteiger charge is -2.39. The van der Waals surface area contributed by atoms with Crippen LogP contribution in [-0.2, 0) is 0 Å². The first-order chi connectivity index (χ1) is 8.39. The van der Waals surface area contributed by atoms with Crippen molar-refractivity contribution in [3.8, 4) is 0 Å². The van der Waals surface area contributed by atoms with Crippen LogP contribution in [0.25, 0.3) is 0 Å². The highest BCUT2D eigenvalue weighted by atomic mass is 14.7. The molecular weight excluding hydrogens is 218 g/mol. The van der Waals surface area contributed by atoms with E-state index in [1.54, 1.807) is 0 Å². The van der Waals surface area contributed by atoms with Gasteiger partial charge in [0, 0.05) is 6.04 Å². The second-order valence-electron chi connectivity index (χ2n) is 7.00. The molecule has 0 saturated heterocycles. The maximum absolute atomic E-state index is 6.33. The molecular formula is C17H27N. The Labute approximate surface area is 112 Å². The van der Waals surface area contributed by atoms with Gasteiger partial charge in [0.1, 0.15) is 0 Å². The van der Waals surface area contributed by atoms with E-state index >= 15 is 0 Å². The third-order valence-corrected chi connectivity index (χ3v) is 4.48. The fourth-order valence-corrected chi connectivity index (χ4v) is 3.10. The van der Waals surface area contributed by atoms with Crippen LogP contribution in [0.4, 0.5) is 0 Å². The number of nitrogens with two attached hydrogens (primary N) is 1. The summed E-state index contributed by atoms with van der Waals surface area (Å²) < 4.78 is 0. The van der Waals surface area contributed by atoms with Crippen molar-refractivity contribution in [1.82, 2.24) is 0 Å². The number of hydrogen-bond donors (Lipinski definition) is 1. The molecule has 0 bridgehead atoms. The summed E-state index contributed by atoms with van der Waals surface area (Å²) in [5.41, 5.74) is 9.62. The lowest BCUT2D eigenvalue weighted by atomic mass is 9.68. The average molecular weight is 245 g/mol. The summed E-state index contributed by atoms with van der Waals surface area (Å²) >= 11 is 0. The second-order valence-corrected chi connectivity index (χ2v) is 7.00. The third-order valence-electron chi connectivity index (χ3n) is 4.48. The summed E-state index contributed by atoms with van der Waals surface area (Å²) in [4.78, 5) is 0. The molecule has 1 aromatic carbocycles. The maximum atomic E-state index is 6.33. The van der Waals surface area contributed by atoms with E-state index < -0.39 is 0 Å². The second kappa shape index (κ2) is 5.05. The summed E-state index contributed by atoms with van der Waals surface area (Å²) in [5.74, 6) is 1.14. The zero-order chi connectivity index (χ0) is 13.3. The first-order valence-corrected chi connectivity index (χ1v) is 7.24. The van der Waals surface area contributed by atoms with E-state index in [9.17, 15) is 0 Å². The molecule has 1 aromatic rings. The van der Waals surface area contributed by atoms with Gasteiger partial charge in [0.25, 0.3) is 0 Å². The van der Waals surface area contributed by atoms with Crippen LogP contribution in [0.15, 0.2) is 24.3 Å². The van der Waals surface area contributed by atoms with Gasteiger partial charge in [-0.05, 0) is 47.6 Å². The van der Waals surface area contributed by atoms with Crippen molar-refractivity contribution in [3.05, 3.63) is 35.4 Å². The van der Waals surface area contributed by atoms with Crippen molar-refractivity contribution in [2.24, 2.45) is 11.1 Å². The quantitative estimate of drug-likeness (QED) is 0.819. The summed E-state index contributed by atoms with van der Waals surface area (Å²) in [6, 6.07) is 9.47. The van der Waals surface area contributed by atoms with Crippen molar-refractivity contribution in [2.45, 2.75) is 64.8 Å². The van der Waals surface area contributed by atoms with Crippen LogP contribution in [0, 0.1) is 5.41 Å². The van der Waals surface area contributed by atoms with Crippen LogP contribution in [-0.4, -0.2) is 6.04 Å². The van der Waals surface area contributed by atoms with Crippen LogP contribution in [0.5, 0.6) is 0 Å². The molecule has 0 aromatic heterocycles. The van der Waals surface area contributed by atoms with Gasteiger partial charge < -0.3 is 5.73 Å². The van der Waals surface area contributed by atoms with Gasteiger partial charge >= 0.3 is 0 Å². The number of rotatable bonds is 2. The Morgan fingerprint density at radius 2 is 1.78 bits per heavy atom. The van der Waals surface area contributed by atoms with Crippen LogP contribution in [0.3, 0.4) is 0 Å². The van der Waals surface area contributed by atoms with Crippen LogP contribution in [0.2, 0.25) is 0 Å². The topological polar surface area (TPSA) is 26.0 Å². The van der Waals surface area contributed by atoms with E-state index in [1.165, 1.54) is 24.0 Å². The van der Waals surface area contributed by atoms with Gasteiger partial charge in [-0.1, -0.05) is 52.0 Å². The van der Waals surface area contributed by atoms with Crippen molar-refractivity contribution < 1.29 is 0 Å². The van der Waals surface area contributed by atoms with E-state index in [0.29, 0.717) is 23.3 Å². The maximum Gasteiger partial charge on any atom is 0.0108 e. The Kier molecular flexibility index (Phi) is 3.82. The molecule has 100 valence electrons. The van der Waals surface area contributed by atoms with E-state index in [2.05, 4.69) is 52.0 Å². The number of benzene rings is 1. The minimum absolute atomic E-state index is 0.336. The zero-order valence-electron chi connectivity index (χ0n) is 12.2. The van der Waals surface area contributed by atoms with E-state index in [-0.39, 0.29) is 0 Å². The zero-order valence-corrected chi connectivity index (χ0v) is 12.2. The first-order valence-electron chi connectivity index (χ1n) is 7.24. The van der Waals surface area contributed by atoms with E-state index in [4.69, 9.17) is 5.73 Å². The summed E-state index contributed by atoms with van der Waals surface area (Å²) in [6.07, 6.45) is 3.63. The molecule has 0 spiro atoms. The Hall–Kier alpha value is -0.820. The molecule has 0 amide bonds. The molecule has 1 saturated carbocycles. The highest BCUT2D eigenvalue weighted by Crippen LogP contribution is 2.42. The van der Waals surface area contributed by atoms with Gasteiger partial charge in [-0.2, -0.15) is 0 Å². The summed E-state index contributed by atoms with van der Waals surface area (Å²) in [5, 5.41) is 0. The molecule has 1 heteroatoms. The highest BCUT2D eigenvalue weighted by molar-refractivity contribution is 5.28. The third kappa shape index (κ3) is 2.95. The lowest BCUT2D eigenvalue weighted by Crippen LogP contribution is -2.37. The van der Waals surface area contributed by atoms with Gasteiger partial charge in [0.2, 0.25) is 0 Å². The van der Waals surface area contributed by atoms with Crippen LogP contribution >= 0.6 is 0 Å². The Bertz CT molecular complexity index is 389. The standard InChI is InChI=1S/C17H27N/c1-12(2)13-5-7-14(8-6-13)15-11-17(3,4)10-9-16(15)18/h5-8,12,15-16H,9-11,18H2,1-4H3. The smallest absolute Gasteiger partial charge is 0.0108 e. The van der Waals surface area contributed by atoms with Gasteiger partial charge in [0.15, 0.2) is 0 Å². The molecule has 1 aliphatic carbocycles. The highest BCUT2D eigenvalue weighted by Gasteiger charge is 2.33. The Morgan fingerprint density at radius 3 is 2.33 bits per heavy atom. The minimum atomic E-state index is 0.336. The first kappa shape index (κ1) is 13.6. The fraction of sp³-hybridized carbons (Fsp3) is 0.647. The van der Waals surface area contributed by atoms with Crippen LogP contribution < -0.4 is 5.73 Å². The lowest BCUT2D eigenvalue weighted by molar-refractivity contribution is 0.198. The van der Waals surface area contributed by atoms with Crippen molar-refractivity contribution >= 4 is 0 Å². The monoisotopic (exact) mass is 245 g/mol. The van der Waals surface area contributed by atoms with Crippen molar-refractivity contribution in [1.29, 1.82) is 0 Å². The van der Waals surface area contributed by atoms with Crippen molar-refractivity contribution in [2.75, 3.05) is 0 Å². The summed E-state index contributed by atoms with van der Waals surface area (Å²) in [6.45, 7) is 9.22. The SMILES string of the molecule is CC(C)c1ccc(C2CC(C)(C)CCC2N)cc1. The Morgan fingerprint density at radius 1 is 1.17 bits per heavy atom. The normalized spacial score (nSPS) is 27.4. The molecule has 1 nitrogen and oxygen atoms in total. The summed E-state index contributed by atoms with van der Waals surface area (Å²) in [7, 11) is 0. The van der Waals surface area contributed by atoms with Gasteiger partial charge in [-0.3, -0.25) is 0 Å². The Balaban J connectivity index is 2.19. The molecule has 2 atom stereocenters.